The summed E-state index contributed by atoms with van der Waals surface area (Å²) in [6.45, 7) is 0.129. The maximum Gasteiger partial charge on any atom is 0.293 e. The molecule has 2 aromatic rings. The van der Waals surface area contributed by atoms with Crippen LogP contribution in [-0.4, -0.2) is 38.6 Å². The Kier molecular flexibility index (Phi) is 6.12. The molecule has 1 aromatic carbocycles. The molecule has 0 unspecified atom stereocenters. The maximum atomic E-state index is 11.8. The number of nitro benzene ring substituents is 1. The summed E-state index contributed by atoms with van der Waals surface area (Å²) < 4.78 is 30.9. The average molecular weight is 369 g/mol. The van der Waals surface area contributed by atoms with Gasteiger partial charge in [-0.1, -0.05) is 0 Å². The maximum absolute atomic E-state index is 11.8. The van der Waals surface area contributed by atoms with Crippen LogP contribution in [0.15, 0.2) is 45.9 Å². The van der Waals surface area contributed by atoms with E-state index in [1.54, 1.807) is 12.1 Å². The normalized spacial score (nSPS) is 12.7. The number of furan rings is 1. The molecule has 0 fully saturated rings. The summed E-state index contributed by atoms with van der Waals surface area (Å²) in [4.78, 5) is 10.4. The fraction of sp³-hybridized carbons (Fsp3) is 0.333. The van der Waals surface area contributed by atoms with Gasteiger partial charge in [0.25, 0.3) is 5.69 Å². The van der Waals surface area contributed by atoms with Crippen molar-refractivity contribution in [2.45, 2.75) is 11.3 Å². The first-order valence-electron chi connectivity index (χ1n) is 7.46. The zero-order chi connectivity index (χ0) is 18.4. The van der Waals surface area contributed by atoms with Crippen LogP contribution in [0.5, 0.6) is 0 Å². The first kappa shape index (κ1) is 18.9. The predicted octanol–water partition coefficient (Wildman–Crippen LogP) is 1.36. The molecule has 0 radical (unpaired) electrons. The molecular weight excluding hydrogens is 350 g/mol. The second-order valence-corrected chi connectivity index (χ2v) is 7.24. The fourth-order valence-corrected chi connectivity index (χ4v) is 3.02. The van der Waals surface area contributed by atoms with Crippen molar-refractivity contribution in [3.63, 3.8) is 0 Å². The van der Waals surface area contributed by atoms with Crippen LogP contribution < -0.4 is 10.0 Å². The van der Waals surface area contributed by atoms with E-state index in [2.05, 4.69) is 10.0 Å². The zero-order valence-electron chi connectivity index (χ0n) is 13.5. The second-order valence-electron chi connectivity index (χ2n) is 5.36. The Morgan fingerprint density at radius 3 is 2.68 bits per heavy atom. The monoisotopic (exact) mass is 369 g/mol. The van der Waals surface area contributed by atoms with E-state index in [9.17, 15) is 23.6 Å². The van der Waals surface area contributed by atoms with Crippen molar-refractivity contribution in [2.75, 3.05) is 25.5 Å². The van der Waals surface area contributed by atoms with Crippen LogP contribution in [0.2, 0.25) is 0 Å². The Morgan fingerprint density at radius 1 is 1.36 bits per heavy atom. The van der Waals surface area contributed by atoms with Gasteiger partial charge in [0.1, 0.15) is 11.4 Å². The third-order valence-electron chi connectivity index (χ3n) is 3.65. The molecule has 0 aliphatic carbocycles. The van der Waals surface area contributed by atoms with Gasteiger partial charge >= 0.3 is 0 Å². The Morgan fingerprint density at radius 2 is 2.12 bits per heavy atom. The summed E-state index contributed by atoms with van der Waals surface area (Å²) in [5.74, 6) is 0.484. The number of nitrogens with one attached hydrogen (secondary N) is 2. The van der Waals surface area contributed by atoms with Crippen molar-refractivity contribution < 1.29 is 22.9 Å². The lowest BCUT2D eigenvalue weighted by molar-refractivity contribution is -0.384. The van der Waals surface area contributed by atoms with Crippen LogP contribution >= 0.6 is 0 Å². The highest BCUT2D eigenvalue weighted by Gasteiger charge is 2.21. The minimum Gasteiger partial charge on any atom is -0.469 e. The van der Waals surface area contributed by atoms with Gasteiger partial charge in [0.15, 0.2) is 0 Å². The summed E-state index contributed by atoms with van der Waals surface area (Å²) in [6, 6.07) is 7.13. The molecule has 0 saturated carbocycles. The highest BCUT2D eigenvalue weighted by atomic mass is 32.2. The zero-order valence-corrected chi connectivity index (χ0v) is 14.3. The van der Waals surface area contributed by atoms with E-state index in [0.717, 1.165) is 6.07 Å². The van der Waals surface area contributed by atoms with Crippen LogP contribution in [0.1, 0.15) is 5.76 Å². The molecule has 2 rings (SSSR count). The topological polar surface area (TPSA) is 135 Å². The van der Waals surface area contributed by atoms with Gasteiger partial charge in [-0.25, -0.2) is 13.1 Å². The van der Waals surface area contributed by atoms with Crippen LogP contribution in [-0.2, 0) is 16.4 Å². The van der Waals surface area contributed by atoms with E-state index in [-0.39, 0.29) is 35.3 Å². The second kappa shape index (κ2) is 8.10. The van der Waals surface area contributed by atoms with Gasteiger partial charge in [0.2, 0.25) is 10.0 Å². The Bertz CT molecular complexity index is 820. The molecular formula is C15H19N3O6S. The SMILES string of the molecule is CNS(=O)(=O)c1ccc(NC[C@H](CO)Cc2ccco2)c([N+](=O)[O-])c1. The number of hydrogen-bond donors (Lipinski definition) is 3. The number of nitrogens with zero attached hydrogens (tertiary/aromatic N) is 1. The van der Waals surface area contributed by atoms with Crippen LogP contribution in [0.25, 0.3) is 0 Å². The average Bonchev–Trinajstić information content (AvgIpc) is 3.11. The first-order valence-corrected chi connectivity index (χ1v) is 8.94. The lowest BCUT2D eigenvalue weighted by atomic mass is 10.0. The molecule has 9 nitrogen and oxygen atoms in total. The highest BCUT2D eigenvalue weighted by Crippen LogP contribution is 2.28. The quantitative estimate of drug-likeness (QED) is 0.448. The third kappa shape index (κ3) is 4.78. The van der Waals surface area contributed by atoms with E-state index < -0.39 is 14.9 Å². The Balaban J connectivity index is 2.16. The van der Waals surface area contributed by atoms with Gasteiger partial charge in [-0.2, -0.15) is 0 Å². The molecule has 10 heteroatoms. The number of benzene rings is 1. The van der Waals surface area contributed by atoms with Crippen molar-refractivity contribution in [1.29, 1.82) is 0 Å². The molecule has 0 bridgehead atoms. The highest BCUT2D eigenvalue weighted by molar-refractivity contribution is 7.89. The molecule has 0 amide bonds. The summed E-state index contributed by atoms with van der Waals surface area (Å²) in [6.07, 6.45) is 2.00. The molecule has 0 aliphatic rings. The molecule has 3 N–H and O–H groups in total. The smallest absolute Gasteiger partial charge is 0.293 e. The van der Waals surface area contributed by atoms with E-state index in [0.29, 0.717) is 12.2 Å². The molecule has 0 aliphatic heterocycles. The van der Waals surface area contributed by atoms with E-state index >= 15 is 0 Å². The van der Waals surface area contributed by atoms with Gasteiger partial charge in [-0.3, -0.25) is 10.1 Å². The fourth-order valence-electron chi connectivity index (χ4n) is 2.27. The first-order chi connectivity index (χ1) is 11.9. The number of sulfonamides is 1. The van der Waals surface area contributed by atoms with E-state index in [1.165, 1.54) is 25.4 Å². The number of anilines is 1. The third-order valence-corrected chi connectivity index (χ3v) is 5.07. The summed E-state index contributed by atoms with van der Waals surface area (Å²) in [5, 5.41) is 23.6. The minimum atomic E-state index is -3.78. The van der Waals surface area contributed by atoms with E-state index in [1.807, 2.05) is 0 Å². The van der Waals surface area contributed by atoms with Crippen LogP contribution in [0, 0.1) is 16.0 Å². The summed E-state index contributed by atoms with van der Waals surface area (Å²) in [5.41, 5.74) is -0.177. The summed E-state index contributed by atoms with van der Waals surface area (Å²) >= 11 is 0. The van der Waals surface area contributed by atoms with Gasteiger partial charge in [0, 0.05) is 31.6 Å². The molecule has 0 spiro atoms. The largest absolute Gasteiger partial charge is 0.469 e. The van der Waals surface area contributed by atoms with Gasteiger partial charge in [-0.15, -0.1) is 0 Å². The summed E-state index contributed by atoms with van der Waals surface area (Å²) in [7, 11) is -2.55. The van der Waals surface area contributed by atoms with Gasteiger partial charge in [0.05, 0.1) is 16.1 Å². The minimum absolute atomic E-state index is 0.131. The number of aliphatic hydroxyl groups is 1. The van der Waals surface area contributed by atoms with Gasteiger partial charge < -0.3 is 14.8 Å². The molecule has 136 valence electrons. The molecule has 0 saturated heterocycles. The molecule has 25 heavy (non-hydrogen) atoms. The van der Waals surface area contributed by atoms with Crippen molar-refractivity contribution in [3.8, 4) is 0 Å². The number of nitro groups is 1. The number of rotatable bonds is 9. The Hall–Kier alpha value is -2.43. The van der Waals surface area contributed by atoms with Crippen molar-refractivity contribution >= 4 is 21.4 Å². The predicted molar refractivity (Wildman–Crippen MR) is 90.8 cm³/mol. The standard InChI is InChI=1S/C15H19N3O6S/c1-16-25(22,23)13-4-5-14(15(8-13)18(20)21)17-9-11(10-19)7-12-3-2-6-24-12/h2-6,8,11,16-17,19H,7,9-10H2,1H3/t11-/m1/s1. The molecule has 1 atom stereocenters. The van der Waals surface area contributed by atoms with Crippen LogP contribution in [0.4, 0.5) is 11.4 Å². The van der Waals surface area contributed by atoms with Crippen molar-refractivity contribution in [3.05, 3.63) is 52.5 Å². The Labute approximate surface area is 144 Å². The molecule has 1 aromatic heterocycles. The van der Waals surface area contributed by atoms with Crippen molar-refractivity contribution in [1.82, 2.24) is 4.72 Å². The number of hydrogen-bond acceptors (Lipinski definition) is 7. The lowest BCUT2D eigenvalue weighted by Gasteiger charge is -2.15. The van der Waals surface area contributed by atoms with Crippen molar-refractivity contribution in [2.24, 2.45) is 5.92 Å². The number of aliphatic hydroxyl groups excluding tert-OH is 1. The lowest BCUT2D eigenvalue weighted by Crippen LogP contribution is -2.21. The van der Waals surface area contributed by atoms with Crippen LogP contribution in [0.3, 0.4) is 0 Å². The van der Waals surface area contributed by atoms with Gasteiger partial charge in [-0.05, 0) is 31.3 Å². The van der Waals surface area contributed by atoms with E-state index in [4.69, 9.17) is 4.42 Å². The molecule has 1 heterocycles.